The molecule has 7 rings (SSSR count). The Hall–Kier alpha value is -5.88. The van der Waals surface area contributed by atoms with Gasteiger partial charge in [-0.3, -0.25) is 13.7 Å². The normalized spacial score (nSPS) is 12.3. The predicted molar refractivity (Wildman–Crippen MR) is 218 cm³/mol. The first-order valence-electron chi connectivity index (χ1n) is 16.4. The van der Waals surface area contributed by atoms with E-state index in [4.69, 9.17) is 0 Å². The second kappa shape index (κ2) is 16.4. The molecule has 0 unspecified atom stereocenters. The number of phenols is 2. The number of anilines is 2. The van der Waals surface area contributed by atoms with Gasteiger partial charge in [0.15, 0.2) is 11.5 Å². The Morgan fingerprint density at radius 1 is 0.475 bits per heavy atom. The molecule has 59 heavy (non-hydrogen) atoms. The van der Waals surface area contributed by atoms with E-state index < -0.39 is 73.9 Å². The van der Waals surface area contributed by atoms with Crippen LogP contribution in [0.15, 0.2) is 150 Å². The van der Waals surface area contributed by atoms with Gasteiger partial charge in [0, 0.05) is 62.5 Å². The van der Waals surface area contributed by atoms with Gasteiger partial charge in [-0.15, -0.1) is 15.3 Å². The summed E-state index contributed by atoms with van der Waals surface area (Å²) in [7, 11) is -14.6. The summed E-state index contributed by atoms with van der Waals surface area (Å²) in [5, 5.41) is 43.5. The van der Waals surface area contributed by atoms with Crippen LogP contribution in [0.25, 0.3) is 32.3 Å². The van der Waals surface area contributed by atoms with Gasteiger partial charge in [-0.2, -0.15) is 30.4 Å². The molecule has 0 atom stereocenters. The second-order valence-corrected chi connectivity index (χ2v) is 16.6. The number of azo groups is 2. The van der Waals surface area contributed by atoms with Crippen LogP contribution in [-0.2, 0) is 30.4 Å². The van der Waals surface area contributed by atoms with E-state index in [1.165, 1.54) is 60.7 Å². The van der Waals surface area contributed by atoms with Gasteiger partial charge in [-0.1, -0.05) is 42.5 Å². The summed E-state index contributed by atoms with van der Waals surface area (Å²) in [5.74, 6) is -1.31. The molecule has 0 saturated heterocycles. The summed E-state index contributed by atoms with van der Waals surface area (Å²) in [4.78, 5) is 11.1. The molecule has 0 heterocycles. The average molecular weight is 866 g/mol. The molecule has 0 fully saturated rings. The maximum Gasteiger partial charge on any atom is 0.323 e. The van der Waals surface area contributed by atoms with Gasteiger partial charge in [0.1, 0.15) is 26.1 Å². The fraction of sp³-hybridized carbons (Fsp3) is 0. The zero-order valence-electron chi connectivity index (χ0n) is 30.1. The van der Waals surface area contributed by atoms with Crippen LogP contribution in [0.2, 0.25) is 0 Å². The van der Waals surface area contributed by atoms with Crippen molar-refractivity contribution in [3.05, 3.63) is 115 Å². The third-order valence-corrected chi connectivity index (χ3v) is 11.2. The van der Waals surface area contributed by atoms with Crippen molar-refractivity contribution in [2.24, 2.45) is 20.5 Å². The minimum absolute atomic E-state index is 0. The molecule has 0 bridgehead atoms. The molecule has 0 aliphatic carbocycles. The molecule has 0 spiro atoms. The number of fused-ring (bicyclic) bond motifs is 3. The zero-order chi connectivity index (χ0) is 41.6. The van der Waals surface area contributed by atoms with Crippen LogP contribution in [0.5, 0.6) is 11.5 Å². The van der Waals surface area contributed by atoms with Crippen molar-refractivity contribution < 1.29 is 53.9 Å². The monoisotopic (exact) mass is 865 g/mol. The standard InChI is InChI=1S/C37H26N6O12S3.Na/c44-35-25-12-10-23(16-20(25)18-31(57(50,51)52)33(35)42-40-22-6-2-1-3-7-22)38-37(46)39-24-11-13-26-21(17-24)19-32(58(53,54)55)34(36(26)45)43-41-29-14-15-30(56(47,48)49)28-9-5-4-8-27(28)29;/h1-19,44-45H,(H2,38,39,46)(H,47,48,49)(H,50,51,52)(H,53,54,55);. The summed E-state index contributed by atoms with van der Waals surface area (Å²) in [6, 6.07) is 25.8. The number of benzene rings is 7. The quantitative estimate of drug-likeness (QED) is 0.0409. The smallest absolute Gasteiger partial charge is 0.323 e. The molecule has 7 N–H and O–H groups in total. The minimum Gasteiger partial charge on any atom is -0.505 e. The van der Waals surface area contributed by atoms with Crippen molar-refractivity contribution >= 4 is 132 Å². The Labute approximate surface area is 356 Å². The Kier molecular flexibility index (Phi) is 11.9. The fourth-order valence-electron chi connectivity index (χ4n) is 6.01. The summed E-state index contributed by atoms with van der Waals surface area (Å²) in [6.45, 7) is 0. The summed E-state index contributed by atoms with van der Waals surface area (Å²) in [6.07, 6.45) is 0. The van der Waals surface area contributed by atoms with Crippen molar-refractivity contribution in [1.29, 1.82) is 0 Å². The molecular weight excluding hydrogens is 840 g/mol. The van der Waals surface area contributed by atoms with E-state index in [1.807, 2.05) is 0 Å². The van der Waals surface area contributed by atoms with Gasteiger partial charge in [-0.05, 0) is 83.6 Å². The Morgan fingerprint density at radius 2 is 0.932 bits per heavy atom. The van der Waals surface area contributed by atoms with E-state index in [1.54, 1.807) is 36.4 Å². The van der Waals surface area contributed by atoms with Gasteiger partial charge in [0.05, 0.1) is 11.4 Å². The molecule has 295 valence electrons. The molecular formula is C37H26N6NaO12S3. The van der Waals surface area contributed by atoms with Gasteiger partial charge in [0.2, 0.25) is 0 Å². The van der Waals surface area contributed by atoms with Crippen LogP contribution in [-0.4, -0.2) is 84.7 Å². The van der Waals surface area contributed by atoms with E-state index in [0.717, 1.165) is 18.2 Å². The van der Waals surface area contributed by atoms with Gasteiger partial charge < -0.3 is 20.8 Å². The number of nitrogens with zero attached hydrogens (tertiary/aromatic N) is 4. The number of rotatable bonds is 9. The SMILES string of the molecule is O=C(Nc1ccc2c(O)c(N=Nc3ccccc3)c(S(=O)(=O)O)cc2c1)Nc1ccc2c(O)c(N=Nc3ccc(S(=O)(=O)O)c4ccccc34)c(S(=O)(=O)O)cc2c1.[Na]. The molecule has 7 aromatic rings. The predicted octanol–water partition coefficient (Wildman–Crippen LogP) is 8.39. The molecule has 18 nitrogen and oxygen atoms in total. The van der Waals surface area contributed by atoms with Crippen LogP contribution < -0.4 is 10.6 Å². The first kappa shape index (κ1) is 42.7. The van der Waals surface area contributed by atoms with Crippen molar-refractivity contribution in [1.82, 2.24) is 0 Å². The zero-order valence-corrected chi connectivity index (χ0v) is 34.5. The maximum absolute atomic E-state index is 13.1. The molecule has 0 aliphatic heterocycles. The fourth-order valence-corrected chi connectivity index (χ4v) is 8.02. The Balaban J connectivity index is 0.00000585. The first-order chi connectivity index (χ1) is 27.4. The molecule has 0 aromatic heterocycles. The number of carbonyl (C=O) groups is 1. The molecule has 2 amide bonds. The third kappa shape index (κ3) is 9.07. The number of phenolic OH excluding ortho intramolecular Hbond substituents is 2. The van der Waals surface area contributed by atoms with Crippen LogP contribution >= 0.6 is 0 Å². The Morgan fingerprint density at radius 3 is 1.42 bits per heavy atom. The third-order valence-electron chi connectivity index (χ3n) is 8.59. The van der Waals surface area contributed by atoms with Gasteiger partial charge in [0.25, 0.3) is 30.4 Å². The molecule has 22 heteroatoms. The van der Waals surface area contributed by atoms with Gasteiger partial charge in [-0.25, -0.2) is 4.79 Å². The topological polar surface area (TPSA) is 294 Å². The summed E-state index contributed by atoms with van der Waals surface area (Å²) >= 11 is 0. The largest absolute Gasteiger partial charge is 0.505 e. The van der Waals surface area contributed by atoms with Gasteiger partial charge >= 0.3 is 6.03 Å². The van der Waals surface area contributed by atoms with E-state index in [-0.39, 0.29) is 78.9 Å². The maximum atomic E-state index is 13.1. The number of amides is 2. The van der Waals surface area contributed by atoms with Crippen molar-refractivity contribution in [2.75, 3.05) is 10.6 Å². The van der Waals surface area contributed by atoms with Crippen LogP contribution in [0, 0.1) is 0 Å². The number of hydrogen-bond acceptors (Lipinski definition) is 13. The summed E-state index contributed by atoms with van der Waals surface area (Å²) in [5.41, 5.74) is -0.567. The molecule has 1 radical (unpaired) electrons. The molecule has 0 saturated carbocycles. The first-order valence-corrected chi connectivity index (χ1v) is 20.7. The summed E-state index contributed by atoms with van der Waals surface area (Å²) < 4.78 is 103. The van der Waals surface area contributed by atoms with E-state index >= 15 is 0 Å². The number of urea groups is 1. The number of hydrogen-bond donors (Lipinski definition) is 7. The number of carbonyl (C=O) groups excluding carboxylic acids is 1. The van der Waals surface area contributed by atoms with Crippen LogP contribution in [0.3, 0.4) is 0 Å². The van der Waals surface area contributed by atoms with Crippen molar-refractivity contribution in [3.63, 3.8) is 0 Å². The van der Waals surface area contributed by atoms with Crippen molar-refractivity contribution in [2.45, 2.75) is 14.7 Å². The average Bonchev–Trinajstić information content (AvgIpc) is 3.16. The number of nitrogens with one attached hydrogen (secondary N) is 2. The van der Waals surface area contributed by atoms with Crippen LogP contribution in [0.1, 0.15) is 0 Å². The molecule has 7 aromatic carbocycles. The van der Waals surface area contributed by atoms with Crippen LogP contribution in [0.4, 0.5) is 38.9 Å². The second-order valence-electron chi connectivity index (χ2n) is 12.4. The van der Waals surface area contributed by atoms with E-state index in [9.17, 15) is 53.9 Å². The van der Waals surface area contributed by atoms with E-state index in [0.29, 0.717) is 5.69 Å². The molecule has 0 aliphatic rings. The number of aromatic hydroxyl groups is 2. The van der Waals surface area contributed by atoms with Crippen molar-refractivity contribution in [3.8, 4) is 11.5 Å². The van der Waals surface area contributed by atoms with E-state index in [2.05, 4.69) is 31.1 Å². The minimum atomic E-state index is -5.06. The Bertz CT molecular complexity index is 3260.